The molecule has 0 fully saturated rings. The van der Waals surface area contributed by atoms with Gasteiger partial charge in [-0.25, -0.2) is 4.98 Å². The molecule has 0 radical (unpaired) electrons. The minimum atomic E-state index is 0.544. The minimum Gasteiger partial charge on any atom is -0.480 e. The Labute approximate surface area is 135 Å². The zero-order valence-corrected chi connectivity index (χ0v) is 14.3. The predicted molar refractivity (Wildman–Crippen MR) is 87.6 cm³/mol. The lowest BCUT2D eigenvalue weighted by atomic mass is 10.2. The van der Waals surface area contributed by atoms with E-state index in [0.717, 1.165) is 22.9 Å². The summed E-state index contributed by atoms with van der Waals surface area (Å²) >= 11 is 6.84. The van der Waals surface area contributed by atoms with Crippen molar-refractivity contribution in [3.05, 3.63) is 46.6 Å². The van der Waals surface area contributed by atoms with Crippen LogP contribution in [0.1, 0.15) is 5.56 Å². The second kappa shape index (κ2) is 7.59. The molecule has 0 unspecified atom stereocenters. The van der Waals surface area contributed by atoms with Crippen LogP contribution < -0.4 is 9.64 Å². The lowest BCUT2D eigenvalue weighted by Gasteiger charge is -2.22. The summed E-state index contributed by atoms with van der Waals surface area (Å²) in [6.07, 6.45) is 1.72. The van der Waals surface area contributed by atoms with Crippen LogP contribution in [-0.2, 0) is 6.54 Å². The molecule has 0 saturated carbocycles. The summed E-state index contributed by atoms with van der Waals surface area (Å²) in [5, 5.41) is 0.849. The van der Waals surface area contributed by atoms with E-state index in [0.29, 0.717) is 11.8 Å². The van der Waals surface area contributed by atoms with Crippen LogP contribution >= 0.6 is 31.9 Å². The fourth-order valence-corrected chi connectivity index (χ4v) is 2.57. The van der Waals surface area contributed by atoms with E-state index < -0.39 is 0 Å². The third kappa shape index (κ3) is 3.93. The predicted octanol–water partition coefficient (Wildman–Crippen LogP) is 3.65. The van der Waals surface area contributed by atoms with Crippen molar-refractivity contribution in [2.75, 3.05) is 23.9 Å². The van der Waals surface area contributed by atoms with Crippen LogP contribution in [0.2, 0.25) is 0 Å². The van der Waals surface area contributed by atoms with Gasteiger partial charge >= 0.3 is 0 Å². The van der Waals surface area contributed by atoms with Gasteiger partial charge in [-0.3, -0.25) is 0 Å². The molecule has 4 nitrogen and oxygen atoms in total. The van der Waals surface area contributed by atoms with Crippen LogP contribution in [0.3, 0.4) is 0 Å². The molecule has 0 spiro atoms. The van der Waals surface area contributed by atoms with Crippen LogP contribution in [0.25, 0.3) is 0 Å². The molecule has 6 heteroatoms. The Balaban J connectivity index is 2.24. The topological polar surface area (TPSA) is 38.2 Å². The van der Waals surface area contributed by atoms with Gasteiger partial charge in [-0.1, -0.05) is 46.3 Å². The van der Waals surface area contributed by atoms with Crippen LogP contribution in [0.4, 0.5) is 5.95 Å². The number of anilines is 1. The van der Waals surface area contributed by atoms with Gasteiger partial charge in [0.1, 0.15) is 0 Å². The molecule has 2 rings (SSSR count). The summed E-state index contributed by atoms with van der Waals surface area (Å²) in [6, 6.07) is 10.3. The fraction of sp³-hybridized carbons (Fsp3) is 0.286. The molecule has 1 aromatic carbocycles. The van der Waals surface area contributed by atoms with Gasteiger partial charge in [0.2, 0.25) is 11.8 Å². The summed E-state index contributed by atoms with van der Waals surface area (Å²) in [7, 11) is 1.60. The molecule has 0 aliphatic heterocycles. The van der Waals surface area contributed by atoms with Gasteiger partial charge in [-0.2, -0.15) is 4.98 Å². The summed E-state index contributed by atoms with van der Waals surface area (Å²) in [4.78, 5) is 10.9. The van der Waals surface area contributed by atoms with E-state index in [1.807, 2.05) is 18.2 Å². The van der Waals surface area contributed by atoms with E-state index in [2.05, 4.69) is 58.9 Å². The number of rotatable bonds is 6. The lowest BCUT2D eigenvalue weighted by molar-refractivity contribution is 0.393. The fourth-order valence-electron chi connectivity index (χ4n) is 1.79. The summed E-state index contributed by atoms with van der Waals surface area (Å²) < 4.78 is 5.98. The summed E-state index contributed by atoms with van der Waals surface area (Å²) in [6.45, 7) is 1.58. The monoisotopic (exact) mass is 399 g/mol. The SMILES string of the molecule is COc1nc(N(CCBr)Cc2ccccc2)ncc1Br. The number of methoxy groups -OCH3 is 1. The molecule has 0 bridgehead atoms. The highest BCUT2D eigenvalue weighted by molar-refractivity contribution is 9.10. The third-order valence-electron chi connectivity index (χ3n) is 2.75. The number of hydrogen-bond acceptors (Lipinski definition) is 4. The largest absolute Gasteiger partial charge is 0.480 e. The molecule has 0 aliphatic carbocycles. The van der Waals surface area contributed by atoms with E-state index in [-0.39, 0.29) is 0 Å². The van der Waals surface area contributed by atoms with Crippen molar-refractivity contribution in [1.29, 1.82) is 0 Å². The Morgan fingerprint density at radius 1 is 1.25 bits per heavy atom. The van der Waals surface area contributed by atoms with E-state index >= 15 is 0 Å². The van der Waals surface area contributed by atoms with Gasteiger partial charge in [0.25, 0.3) is 0 Å². The first-order valence-corrected chi connectivity index (χ1v) is 8.07. The van der Waals surface area contributed by atoms with Crippen molar-refractivity contribution >= 4 is 37.8 Å². The molecule has 0 atom stereocenters. The molecule has 0 aliphatic rings. The maximum absolute atomic E-state index is 5.23. The first-order valence-electron chi connectivity index (χ1n) is 6.16. The highest BCUT2D eigenvalue weighted by Crippen LogP contribution is 2.24. The summed E-state index contributed by atoms with van der Waals surface area (Å²) in [5.41, 5.74) is 1.22. The number of aromatic nitrogens is 2. The minimum absolute atomic E-state index is 0.544. The van der Waals surface area contributed by atoms with Crippen molar-refractivity contribution in [3.63, 3.8) is 0 Å². The van der Waals surface area contributed by atoms with Crippen LogP contribution in [0.5, 0.6) is 5.88 Å². The van der Waals surface area contributed by atoms with E-state index in [9.17, 15) is 0 Å². The van der Waals surface area contributed by atoms with E-state index in [1.54, 1.807) is 13.3 Å². The zero-order valence-electron chi connectivity index (χ0n) is 11.1. The second-order valence-corrected chi connectivity index (χ2v) is 5.77. The normalized spacial score (nSPS) is 10.3. The Bertz CT molecular complexity index is 551. The Morgan fingerprint density at radius 2 is 2.00 bits per heavy atom. The average Bonchev–Trinajstić information content (AvgIpc) is 2.48. The first-order chi connectivity index (χ1) is 9.74. The Morgan fingerprint density at radius 3 is 2.65 bits per heavy atom. The van der Waals surface area contributed by atoms with E-state index in [1.165, 1.54) is 5.56 Å². The third-order valence-corrected chi connectivity index (χ3v) is 3.64. The van der Waals surface area contributed by atoms with Gasteiger partial charge in [-0.05, 0) is 21.5 Å². The second-order valence-electron chi connectivity index (χ2n) is 4.12. The van der Waals surface area contributed by atoms with Gasteiger partial charge in [-0.15, -0.1) is 0 Å². The number of benzene rings is 1. The van der Waals surface area contributed by atoms with Gasteiger partial charge in [0.15, 0.2) is 0 Å². The van der Waals surface area contributed by atoms with Crippen molar-refractivity contribution in [3.8, 4) is 5.88 Å². The van der Waals surface area contributed by atoms with Crippen molar-refractivity contribution in [2.45, 2.75) is 6.54 Å². The van der Waals surface area contributed by atoms with Crippen LogP contribution in [0, 0.1) is 0 Å². The van der Waals surface area contributed by atoms with Crippen molar-refractivity contribution in [1.82, 2.24) is 9.97 Å². The molecule has 0 amide bonds. The number of alkyl halides is 1. The van der Waals surface area contributed by atoms with Crippen molar-refractivity contribution in [2.24, 2.45) is 0 Å². The molecule has 0 saturated heterocycles. The Hall–Kier alpha value is -1.14. The average molecular weight is 401 g/mol. The van der Waals surface area contributed by atoms with Crippen LogP contribution in [0.15, 0.2) is 41.0 Å². The lowest BCUT2D eigenvalue weighted by Crippen LogP contribution is -2.26. The standard InChI is InChI=1S/C14H15Br2N3O/c1-20-13-12(16)9-17-14(18-13)19(8-7-15)10-11-5-3-2-4-6-11/h2-6,9H,7-8,10H2,1H3. The molecular weight excluding hydrogens is 386 g/mol. The van der Waals surface area contributed by atoms with Gasteiger partial charge in [0, 0.05) is 18.4 Å². The Kier molecular flexibility index (Phi) is 5.79. The quantitative estimate of drug-likeness (QED) is 0.693. The number of nitrogens with zero attached hydrogens (tertiary/aromatic N) is 3. The molecule has 20 heavy (non-hydrogen) atoms. The van der Waals surface area contributed by atoms with Gasteiger partial charge < -0.3 is 9.64 Å². The van der Waals surface area contributed by atoms with Gasteiger partial charge in [0.05, 0.1) is 17.8 Å². The zero-order chi connectivity index (χ0) is 14.4. The molecule has 0 N–H and O–H groups in total. The number of hydrogen-bond donors (Lipinski definition) is 0. The van der Waals surface area contributed by atoms with Crippen molar-refractivity contribution < 1.29 is 4.74 Å². The van der Waals surface area contributed by atoms with E-state index in [4.69, 9.17) is 4.74 Å². The highest BCUT2D eigenvalue weighted by atomic mass is 79.9. The van der Waals surface area contributed by atoms with Crippen LogP contribution in [-0.4, -0.2) is 29.0 Å². The number of halogens is 2. The molecular formula is C14H15Br2N3O. The molecule has 106 valence electrons. The molecule has 1 aromatic heterocycles. The smallest absolute Gasteiger partial charge is 0.232 e. The molecule has 2 aromatic rings. The summed E-state index contributed by atoms with van der Waals surface area (Å²) in [5.74, 6) is 1.20. The highest BCUT2D eigenvalue weighted by Gasteiger charge is 2.12. The maximum atomic E-state index is 5.23. The first kappa shape index (κ1) is 15.3. The molecule has 1 heterocycles. The maximum Gasteiger partial charge on any atom is 0.232 e. The number of ether oxygens (including phenoxy) is 1.